The number of furan rings is 2. The zero-order valence-corrected chi connectivity index (χ0v) is 32.0. The minimum Gasteiger partial charge on any atom is -0.455 e. The van der Waals surface area contributed by atoms with Crippen LogP contribution in [0.5, 0.6) is 0 Å². The zero-order chi connectivity index (χ0) is 38.9. The van der Waals surface area contributed by atoms with Gasteiger partial charge in [0.25, 0.3) is 0 Å². The summed E-state index contributed by atoms with van der Waals surface area (Å²) in [5.41, 5.74) is 13.5. The number of hydrogen-bond acceptors (Lipinski definition) is 3. The van der Waals surface area contributed by atoms with Crippen LogP contribution in [-0.2, 0) is 0 Å². The van der Waals surface area contributed by atoms with Gasteiger partial charge in [-0.2, -0.15) is 0 Å². The highest BCUT2D eigenvalue weighted by Gasteiger charge is 2.23. The van der Waals surface area contributed by atoms with Crippen molar-refractivity contribution in [2.45, 2.75) is 0 Å². The van der Waals surface area contributed by atoms with Crippen LogP contribution in [0.3, 0.4) is 0 Å². The van der Waals surface area contributed by atoms with Gasteiger partial charge in [-0.15, -0.1) is 0 Å². The minimum atomic E-state index is 0.846. The van der Waals surface area contributed by atoms with Crippen molar-refractivity contribution in [2.75, 3.05) is 4.90 Å². The lowest BCUT2D eigenvalue weighted by Gasteiger charge is -2.28. The molecule has 10 aromatic carbocycles. The second kappa shape index (κ2) is 13.4. The SMILES string of the molecule is c1cc(-c2ccc(N(c3ccccc3-c3ccc4oc5c6ccccc6ccc5c4c3)c3cccc4c3oc3ccccc34)cc2)cc(-c2ccc3ccccc3c2)c1. The number of para-hydroxylation sites is 3. The second-order valence-corrected chi connectivity index (χ2v) is 15.3. The summed E-state index contributed by atoms with van der Waals surface area (Å²) in [6.45, 7) is 0. The molecular formula is C56H35NO2. The van der Waals surface area contributed by atoms with Gasteiger partial charge in [0.2, 0.25) is 0 Å². The Labute approximate surface area is 340 Å². The molecule has 0 spiro atoms. The highest BCUT2D eigenvalue weighted by molar-refractivity contribution is 6.16. The van der Waals surface area contributed by atoms with E-state index < -0.39 is 0 Å². The number of hydrogen-bond donors (Lipinski definition) is 0. The Kier molecular flexibility index (Phi) is 7.54. The van der Waals surface area contributed by atoms with Crippen molar-refractivity contribution < 1.29 is 8.83 Å². The van der Waals surface area contributed by atoms with E-state index in [4.69, 9.17) is 8.83 Å². The van der Waals surface area contributed by atoms with Gasteiger partial charge in [-0.25, -0.2) is 0 Å². The molecule has 0 saturated heterocycles. The van der Waals surface area contributed by atoms with Crippen molar-refractivity contribution in [3.63, 3.8) is 0 Å². The maximum Gasteiger partial charge on any atom is 0.159 e. The van der Waals surface area contributed by atoms with Crippen LogP contribution >= 0.6 is 0 Å². The van der Waals surface area contributed by atoms with E-state index in [0.29, 0.717) is 0 Å². The highest BCUT2D eigenvalue weighted by Crippen LogP contribution is 2.46. The molecule has 276 valence electrons. The van der Waals surface area contributed by atoms with Gasteiger partial charge in [0, 0.05) is 38.2 Å². The van der Waals surface area contributed by atoms with Crippen LogP contribution in [0.25, 0.3) is 98.8 Å². The van der Waals surface area contributed by atoms with Gasteiger partial charge in [0.15, 0.2) is 5.58 Å². The summed E-state index contributed by atoms with van der Waals surface area (Å²) in [5, 5.41) is 9.18. The van der Waals surface area contributed by atoms with Crippen molar-refractivity contribution in [3.8, 4) is 33.4 Å². The molecule has 0 aliphatic rings. The predicted molar refractivity (Wildman–Crippen MR) is 247 cm³/mol. The molecule has 0 saturated carbocycles. The fourth-order valence-corrected chi connectivity index (χ4v) is 8.95. The molecule has 12 rings (SSSR count). The smallest absolute Gasteiger partial charge is 0.159 e. The number of rotatable bonds is 6. The number of nitrogens with zero attached hydrogens (tertiary/aromatic N) is 1. The van der Waals surface area contributed by atoms with E-state index in [1.807, 2.05) is 12.1 Å². The summed E-state index contributed by atoms with van der Waals surface area (Å²) in [4.78, 5) is 2.35. The molecule has 0 aliphatic carbocycles. The van der Waals surface area contributed by atoms with Gasteiger partial charge in [0.1, 0.15) is 16.7 Å². The topological polar surface area (TPSA) is 29.5 Å². The quantitative estimate of drug-likeness (QED) is 0.169. The van der Waals surface area contributed by atoms with Crippen LogP contribution in [0.2, 0.25) is 0 Å². The minimum absolute atomic E-state index is 0.846. The van der Waals surface area contributed by atoms with Crippen molar-refractivity contribution >= 4 is 82.5 Å². The fraction of sp³-hybridized carbons (Fsp3) is 0. The van der Waals surface area contributed by atoms with E-state index in [9.17, 15) is 0 Å². The van der Waals surface area contributed by atoms with Crippen molar-refractivity contribution in [3.05, 3.63) is 212 Å². The monoisotopic (exact) mass is 753 g/mol. The Hall–Kier alpha value is -7.88. The van der Waals surface area contributed by atoms with Gasteiger partial charge in [-0.1, -0.05) is 152 Å². The molecule has 12 aromatic rings. The third kappa shape index (κ3) is 5.51. The van der Waals surface area contributed by atoms with Gasteiger partial charge in [0.05, 0.1) is 11.4 Å². The first-order chi connectivity index (χ1) is 29.2. The normalized spacial score (nSPS) is 11.7. The van der Waals surface area contributed by atoms with Crippen LogP contribution in [0.1, 0.15) is 0 Å². The molecule has 3 nitrogen and oxygen atoms in total. The number of benzene rings is 10. The molecule has 0 amide bonds. The molecule has 0 N–H and O–H groups in total. The van der Waals surface area contributed by atoms with Gasteiger partial charge in [-0.05, 0) is 105 Å². The first-order valence-corrected chi connectivity index (χ1v) is 20.1. The molecule has 0 fully saturated rings. The predicted octanol–water partition coefficient (Wildman–Crippen LogP) is 16.3. The molecule has 2 aromatic heterocycles. The van der Waals surface area contributed by atoms with Gasteiger partial charge in [-0.3, -0.25) is 0 Å². The lowest BCUT2D eigenvalue weighted by atomic mass is 9.97. The van der Waals surface area contributed by atoms with E-state index in [2.05, 4.69) is 205 Å². The highest BCUT2D eigenvalue weighted by atomic mass is 16.3. The van der Waals surface area contributed by atoms with E-state index in [1.165, 1.54) is 32.8 Å². The summed E-state index contributed by atoms with van der Waals surface area (Å²) in [7, 11) is 0. The van der Waals surface area contributed by atoms with Crippen LogP contribution < -0.4 is 4.90 Å². The largest absolute Gasteiger partial charge is 0.455 e. The summed E-state index contributed by atoms with van der Waals surface area (Å²) in [6, 6.07) is 75.8. The van der Waals surface area contributed by atoms with Gasteiger partial charge >= 0.3 is 0 Å². The van der Waals surface area contributed by atoms with Gasteiger partial charge < -0.3 is 13.7 Å². The molecule has 59 heavy (non-hydrogen) atoms. The summed E-state index contributed by atoms with van der Waals surface area (Å²) in [5.74, 6) is 0. The average Bonchev–Trinajstić information content (AvgIpc) is 3.88. The van der Waals surface area contributed by atoms with Crippen molar-refractivity contribution in [1.82, 2.24) is 0 Å². The Morgan fingerprint density at radius 3 is 1.78 bits per heavy atom. The fourth-order valence-electron chi connectivity index (χ4n) is 8.95. The summed E-state index contributed by atoms with van der Waals surface area (Å²) >= 11 is 0. The van der Waals surface area contributed by atoms with Crippen LogP contribution in [0, 0.1) is 0 Å². The van der Waals surface area contributed by atoms with Crippen LogP contribution in [0.15, 0.2) is 221 Å². The Morgan fingerprint density at radius 2 is 0.881 bits per heavy atom. The Morgan fingerprint density at radius 1 is 0.288 bits per heavy atom. The molecular weight excluding hydrogens is 719 g/mol. The molecule has 0 bridgehead atoms. The molecule has 0 radical (unpaired) electrons. The second-order valence-electron chi connectivity index (χ2n) is 15.3. The maximum atomic E-state index is 6.70. The summed E-state index contributed by atoms with van der Waals surface area (Å²) < 4.78 is 13.2. The third-order valence-electron chi connectivity index (χ3n) is 11.8. The standard InChI is InChI=1S/C56H35NO2/c1-2-13-39-34-42(24-23-36(39)11-1)41-15-9-14-40(33-41)37-25-29-44(30-26-37)57(52-21-10-19-48-47-18-6-8-22-53(47)59-56(48)52)51-20-7-5-16-45(51)43-28-32-54-50(35-43)49-31-27-38-12-3-4-17-46(38)55(49)58-54/h1-35H. The maximum absolute atomic E-state index is 6.70. The Bertz CT molecular complexity index is 3570. The van der Waals surface area contributed by atoms with Crippen molar-refractivity contribution in [1.29, 1.82) is 0 Å². The third-order valence-corrected chi connectivity index (χ3v) is 11.8. The first-order valence-electron chi connectivity index (χ1n) is 20.1. The average molecular weight is 754 g/mol. The number of fused-ring (bicyclic) bond motifs is 9. The van der Waals surface area contributed by atoms with Crippen LogP contribution in [0.4, 0.5) is 17.1 Å². The molecule has 2 heterocycles. The summed E-state index contributed by atoms with van der Waals surface area (Å²) in [6.07, 6.45) is 0. The van der Waals surface area contributed by atoms with Crippen LogP contribution in [-0.4, -0.2) is 0 Å². The molecule has 0 aliphatic heterocycles. The lowest BCUT2D eigenvalue weighted by Crippen LogP contribution is -2.11. The van der Waals surface area contributed by atoms with E-state index in [1.54, 1.807) is 0 Å². The van der Waals surface area contributed by atoms with E-state index >= 15 is 0 Å². The first kappa shape index (κ1) is 33.3. The van der Waals surface area contributed by atoms with E-state index in [-0.39, 0.29) is 0 Å². The molecule has 3 heteroatoms. The zero-order valence-electron chi connectivity index (χ0n) is 32.0. The number of anilines is 3. The van der Waals surface area contributed by atoms with Crippen molar-refractivity contribution in [2.24, 2.45) is 0 Å². The Balaban J connectivity index is 1.01. The van der Waals surface area contributed by atoms with E-state index in [0.717, 1.165) is 83.0 Å². The lowest BCUT2D eigenvalue weighted by molar-refractivity contribution is 0.669. The molecule has 0 unspecified atom stereocenters. The molecule has 0 atom stereocenters.